The summed E-state index contributed by atoms with van der Waals surface area (Å²) in [6, 6.07) is 1.28. The summed E-state index contributed by atoms with van der Waals surface area (Å²) < 4.78 is 47.4. The van der Waals surface area contributed by atoms with Crippen LogP contribution in [0, 0.1) is 17.5 Å². The van der Waals surface area contributed by atoms with Gasteiger partial charge in [-0.25, -0.2) is 27.8 Å². The maximum Gasteiger partial charge on any atom is 0.233 e. The number of piperidine rings is 1. The second-order valence-corrected chi connectivity index (χ2v) is 5.79. The van der Waals surface area contributed by atoms with Crippen LogP contribution in [0.5, 0.6) is 11.6 Å². The smallest absolute Gasteiger partial charge is 0.233 e. The molecule has 0 amide bonds. The van der Waals surface area contributed by atoms with Crippen molar-refractivity contribution in [3.8, 4) is 11.6 Å². The summed E-state index contributed by atoms with van der Waals surface area (Å²) in [7, 11) is 0. The van der Waals surface area contributed by atoms with E-state index in [2.05, 4.69) is 20.4 Å². The van der Waals surface area contributed by atoms with Gasteiger partial charge in [-0.3, -0.25) is 0 Å². The molecule has 0 unspecified atom stereocenters. The molecule has 0 bridgehead atoms. The molecule has 3 heterocycles. The molecule has 1 N–H and O–H groups in total. The molecule has 0 saturated carbocycles. The van der Waals surface area contributed by atoms with Gasteiger partial charge in [-0.05, 0) is 25.9 Å². The van der Waals surface area contributed by atoms with E-state index in [1.165, 1.54) is 12.5 Å². The van der Waals surface area contributed by atoms with Crippen LogP contribution in [0.1, 0.15) is 18.9 Å². The van der Waals surface area contributed by atoms with Gasteiger partial charge >= 0.3 is 0 Å². The van der Waals surface area contributed by atoms with Crippen molar-refractivity contribution >= 4 is 11.0 Å². The maximum absolute atomic E-state index is 13.8. The van der Waals surface area contributed by atoms with E-state index in [0.717, 1.165) is 25.9 Å². The van der Waals surface area contributed by atoms with E-state index in [1.807, 2.05) is 0 Å². The van der Waals surface area contributed by atoms with Gasteiger partial charge in [0, 0.05) is 12.1 Å². The second-order valence-electron chi connectivity index (χ2n) is 5.79. The highest BCUT2D eigenvalue weighted by Crippen LogP contribution is 2.31. The van der Waals surface area contributed by atoms with Crippen molar-refractivity contribution in [3.05, 3.63) is 42.1 Å². The molecule has 0 radical (unpaired) electrons. The molecule has 3 aromatic rings. The predicted molar refractivity (Wildman–Crippen MR) is 82.9 cm³/mol. The summed E-state index contributed by atoms with van der Waals surface area (Å²) in [5.74, 6) is -3.91. The Morgan fingerprint density at radius 1 is 1.04 bits per heavy atom. The Kier molecular flexibility index (Phi) is 4.00. The number of nitrogens with one attached hydrogen (secondary N) is 1. The van der Waals surface area contributed by atoms with E-state index in [-0.39, 0.29) is 11.9 Å². The van der Waals surface area contributed by atoms with Gasteiger partial charge in [-0.1, -0.05) is 0 Å². The molecule has 25 heavy (non-hydrogen) atoms. The number of nitrogens with zero attached hydrogens (tertiary/aromatic N) is 4. The number of benzene rings is 1. The molecule has 4 rings (SSSR count). The quantitative estimate of drug-likeness (QED) is 0.737. The summed E-state index contributed by atoms with van der Waals surface area (Å²) in [6.45, 7) is 1.78. The highest BCUT2D eigenvalue weighted by molar-refractivity contribution is 5.80. The molecule has 1 aliphatic rings. The summed E-state index contributed by atoms with van der Waals surface area (Å²) in [4.78, 5) is 8.21. The number of ether oxygens (including phenoxy) is 1. The Hall–Kier alpha value is -2.68. The van der Waals surface area contributed by atoms with Crippen molar-refractivity contribution in [2.45, 2.75) is 18.9 Å². The highest BCUT2D eigenvalue weighted by Gasteiger charge is 2.21. The first-order valence-corrected chi connectivity index (χ1v) is 7.85. The van der Waals surface area contributed by atoms with Crippen molar-refractivity contribution in [1.82, 2.24) is 25.1 Å². The minimum Gasteiger partial charge on any atom is -0.435 e. The SMILES string of the molecule is Fc1cc(F)c(Oc2ncnc3c2cnn3C2CCNCC2)cc1F. The van der Waals surface area contributed by atoms with Crippen molar-refractivity contribution in [2.24, 2.45) is 0 Å². The monoisotopic (exact) mass is 349 g/mol. The molecule has 9 heteroatoms. The zero-order chi connectivity index (χ0) is 17.4. The maximum atomic E-state index is 13.8. The molecule has 1 aliphatic heterocycles. The van der Waals surface area contributed by atoms with Gasteiger partial charge in [0.05, 0.1) is 12.2 Å². The van der Waals surface area contributed by atoms with Crippen LogP contribution in [0.3, 0.4) is 0 Å². The van der Waals surface area contributed by atoms with Crippen LogP contribution >= 0.6 is 0 Å². The Bertz CT molecular complexity index is 924. The minimum atomic E-state index is -1.28. The van der Waals surface area contributed by atoms with Gasteiger partial charge in [-0.15, -0.1) is 0 Å². The predicted octanol–water partition coefficient (Wildman–Crippen LogP) is 2.96. The standard InChI is InChI=1S/C16H14F3N5O/c17-11-5-13(19)14(6-12(11)18)25-16-10-7-23-24(15(10)21-8-22-16)9-1-3-20-4-2-9/h5-9,20H,1-4H2. The molecular weight excluding hydrogens is 335 g/mol. The first-order valence-electron chi connectivity index (χ1n) is 7.85. The lowest BCUT2D eigenvalue weighted by atomic mass is 10.1. The third-order valence-corrected chi connectivity index (χ3v) is 4.19. The summed E-state index contributed by atoms with van der Waals surface area (Å²) in [5, 5.41) is 8.11. The van der Waals surface area contributed by atoms with E-state index in [4.69, 9.17) is 4.74 Å². The van der Waals surface area contributed by atoms with Crippen LogP contribution in [0.15, 0.2) is 24.7 Å². The van der Waals surface area contributed by atoms with E-state index < -0.39 is 23.2 Å². The molecule has 1 saturated heterocycles. The second kappa shape index (κ2) is 6.32. The topological polar surface area (TPSA) is 64.9 Å². The van der Waals surface area contributed by atoms with Gasteiger partial charge < -0.3 is 10.1 Å². The molecule has 130 valence electrons. The number of hydrogen-bond acceptors (Lipinski definition) is 5. The van der Waals surface area contributed by atoms with Crippen molar-refractivity contribution in [2.75, 3.05) is 13.1 Å². The lowest BCUT2D eigenvalue weighted by molar-refractivity contribution is 0.349. The van der Waals surface area contributed by atoms with Crippen LogP contribution in [0.25, 0.3) is 11.0 Å². The molecule has 0 aliphatic carbocycles. The largest absolute Gasteiger partial charge is 0.435 e. The normalized spacial score (nSPS) is 15.6. The highest BCUT2D eigenvalue weighted by atomic mass is 19.2. The molecule has 0 spiro atoms. The molecule has 1 aromatic carbocycles. The van der Waals surface area contributed by atoms with E-state index in [0.29, 0.717) is 23.2 Å². The fourth-order valence-corrected chi connectivity index (χ4v) is 2.93. The van der Waals surface area contributed by atoms with Crippen molar-refractivity contribution in [1.29, 1.82) is 0 Å². The summed E-state index contributed by atoms with van der Waals surface area (Å²) in [5.41, 5.74) is 0.555. The first kappa shape index (κ1) is 15.8. The van der Waals surface area contributed by atoms with Gasteiger partial charge in [0.1, 0.15) is 11.7 Å². The molecule has 2 aromatic heterocycles. The Balaban J connectivity index is 1.71. The molecule has 1 fully saturated rings. The molecule has 6 nitrogen and oxygen atoms in total. The fraction of sp³-hybridized carbons (Fsp3) is 0.312. The third kappa shape index (κ3) is 2.91. The number of rotatable bonds is 3. The zero-order valence-corrected chi connectivity index (χ0v) is 13.0. The van der Waals surface area contributed by atoms with Crippen molar-refractivity contribution < 1.29 is 17.9 Å². The van der Waals surface area contributed by atoms with Crippen LogP contribution in [-0.2, 0) is 0 Å². The zero-order valence-electron chi connectivity index (χ0n) is 13.0. The average molecular weight is 349 g/mol. The number of fused-ring (bicyclic) bond motifs is 1. The fourth-order valence-electron chi connectivity index (χ4n) is 2.93. The van der Waals surface area contributed by atoms with Crippen LogP contribution in [-0.4, -0.2) is 32.8 Å². The van der Waals surface area contributed by atoms with E-state index >= 15 is 0 Å². The Morgan fingerprint density at radius 3 is 2.60 bits per heavy atom. The van der Waals surface area contributed by atoms with Crippen LogP contribution < -0.4 is 10.1 Å². The summed E-state index contributed by atoms with van der Waals surface area (Å²) in [6.07, 6.45) is 4.63. The van der Waals surface area contributed by atoms with E-state index in [1.54, 1.807) is 4.68 Å². The minimum absolute atomic E-state index is 0.0371. The third-order valence-electron chi connectivity index (χ3n) is 4.19. The van der Waals surface area contributed by atoms with E-state index in [9.17, 15) is 13.2 Å². The van der Waals surface area contributed by atoms with Gasteiger partial charge in [-0.2, -0.15) is 5.10 Å². The number of halogens is 3. The summed E-state index contributed by atoms with van der Waals surface area (Å²) >= 11 is 0. The Labute approximate surface area is 140 Å². The van der Waals surface area contributed by atoms with Gasteiger partial charge in [0.2, 0.25) is 5.88 Å². The lowest BCUT2D eigenvalue weighted by Gasteiger charge is -2.23. The number of aromatic nitrogens is 4. The average Bonchev–Trinajstić information content (AvgIpc) is 3.05. The van der Waals surface area contributed by atoms with Crippen LogP contribution in [0.2, 0.25) is 0 Å². The molecular formula is C16H14F3N5O. The lowest BCUT2D eigenvalue weighted by Crippen LogP contribution is -2.29. The van der Waals surface area contributed by atoms with Crippen LogP contribution in [0.4, 0.5) is 13.2 Å². The van der Waals surface area contributed by atoms with Gasteiger partial charge in [0.25, 0.3) is 0 Å². The molecule has 0 atom stereocenters. The van der Waals surface area contributed by atoms with Crippen molar-refractivity contribution in [3.63, 3.8) is 0 Å². The Morgan fingerprint density at radius 2 is 1.80 bits per heavy atom. The number of hydrogen-bond donors (Lipinski definition) is 1. The first-order chi connectivity index (χ1) is 12.1. The van der Waals surface area contributed by atoms with Gasteiger partial charge in [0.15, 0.2) is 28.8 Å².